The largest absolute Gasteiger partial charge is 0.309 e. The molecule has 0 bridgehead atoms. The zero-order valence-corrected chi connectivity index (χ0v) is 21.6. The second-order valence-corrected chi connectivity index (χ2v) is 11.3. The van der Waals surface area contributed by atoms with Gasteiger partial charge in [-0.15, -0.1) is 0 Å². The number of para-hydroxylation sites is 2. The molecule has 2 atom stereocenters. The summed E-state index contributed by atoms with van der Waals surface area (Å²) in [7, 11) is 0. The Kier molecular flexibility index (Phi) is 4.22. The van der Waals surface area contributed by atoms with Crippen LogP contribution in [0.2, 0.25) is 0 Å². The Balaban J connectivity index is 1.37. The lowest BCUT2D eigenvalue weighted by Crippen LogP contribution is -2.30. The van der Waals surface area contributed by atoms with Gasteiger partial charge in [0.1, 0.15) is 0 Å². The van der Waals surface area contributed by atoms with Crippen LogP contribution in [0.1, 0.15) is 23.1 Å². The van der Waals surface area contributed by atoms with Crippen molar-refractivity contribution in [3.05, 3.63) is 162 Å². The smallest absolute Gasteiger partial charge is 0.0711 e. The average Bonchev–Trinajstić information content (AvgIpc) is 3.62. The molecule has 0 N–H and O–H groups in total. The average molecular weight is 498 g/mol. The van der Waals surface area contributed by atoms with E-state index >= 15 is 0 Å². The minimum Gasteiger partial charge on any atom is -0.309 e. The molecule has 1 saturated carbocycles. The normalized spacial score (nSPS) is 19.9. The molecular formula is C38H27N. The van der Waals surface area contributed by atoms with Crippen molar-refractivity contribution in [3.8, 4) is 16.8 Å². The van der Waals surface area contributed by atoms with Crippen LogP contribution in [0.3, 0.4) is 0 Å². The van der Waals surface area contributed by atoms with E-state index in [4.69, 9.17) is 0 Å². The number of benzene rings is 5. The Morgan fingerprint density at radius 2 is 1.21 bits per heavy atom. The number of allylic oxidation sites excluding steroid dienone is 4. The van der Waals surface area contributed by atoms with Crippen LogP contribution in [0.15, 0.2) is 145 Å². The predicted octanol–water partition coefficient (Wildman–Crippen LogP) is 9.23. The molecule has 1 heterocycles. The molecule has 6 aromatic rings. The molecule has 0 aliphatic heterocycles. The first-order valence-electron chi connectivity index (χ1n) is 14.0. The van der Waals surface area contributed by atoms with Gasteiger partial charge in [0.05, 0.1) is 16.4 Å². The maximum absolute atomic E-state index is 2.58. The van der Waals surface area contributed by atoms with E-state index in [1.807, 2.05) is 0 Å². The van der Waals surface area contributed by atoms with Gasteiger partial charge in [-0.25, -0.2) is 0 Å². The van der Waals surface area contributed by atoms with E-state index in [9.17, 15) is 0 Å². The molecular weight excluding hydrogens is 470 g/mol. The summed E-state index contributed by atoms with van der Waals surface area (Å²) in [6, 6.07) is 45.0. The van der Waals surface area contributed by atoms with Gasteiger partial charge < -0.3 is 4.57 Å². The van der Waals surface area contributed by atoms with E-state index in [-0.39, 0.29) is 5.41 Å². The highest BCUT2D eigenvalue weighted by atomic mass is 15.0. The fourth-order valence-electron chi connectivity index (χ4n) is 7.51. The van der Waals surface area contributed by atoms with Crippen LogP contribution in [0.5, 0.6) is 0 Å². The lowest BCUT2D eigenvalue weighted by Gasteiger charge is -2.36. The number of hydrogen-bond donors (Lipinski definition) is 0. The second-order valence-electron chi connectivity index (χ2n) is 11.3. The number of fused-ring (bicyclic) bond motifs is 7. The molecule has 1 fully saturated rings. The Labute approximate surface area is 228 Å². The monoisotopic (exact) mass is 497 g/mol. The van der Waals surface area contributed by atoms with Gasteiger partial charge in [-0.2, -0.15) is 0 Å². The third-order valence-corrected chi connectivity index (χ3v) is 9.31. The second kappa shape index (κ2) is 7.71. The zero-order valence-electron chi connectivity index (χ0n) is 21.6. The third-order valence-electron chi connectivity index (χ3n) is 9.31. The molecule has 3 aliphatic carbocycles. The summed E-state index contributed by atoms with van der Waals surface area (Å²) < 4.78 is 2.44. The van der Waals surface area contributed by atoms with E-state index in [2.05, 4.69) is 144 Å². The van der Waals surface area contributed by atoms with Crippen LogP contribution in [0.25, 0.3) is 38.6 Å². The Morgan fingerprint density at radius 3 is 1.87 bits per heavy atom. The number of nitrogens with zero attached hydrogens (tertiary/aromatic N) is 1. The van der Waals surface area contributed by atoms with Gasteiger partial charge in [-0.3, -0.25) is 0 Å². The van der Waals surface area contributed by atoms with Crippen molar-refractivity contribution in [2.75, 3.05) is 0 Å². The maximum Gasteiger partial charge on any atom is 0.0711 e. The van der Waals surface area contributed by atoms with Crippen LogP contribution < -0.4 is 0 Å². The van der Waals surface area contributed by atoms with Gasteiger partial charge in [0, 0.05) is 16.5 Å². The summed E-state index contributed by atoms with van der Waals surface area (Å²) in [5.41, 5.74) is 11.6. The molecule has 1 aromatic heterocycles. The van der Waals surface area contributed by atoms with Crippen molar-refractivity contribution in [2.45, 2.75) is 11.8 Å². The summed E-state index contributed by atoms with van der Waals surface area (Å²) in [5.74, 6) is 1.39. The predicted molar refractivity (Wildman–Crippen MR) is 161 cm³/mol. The minimum atomic E-state index is -0.341. The van der Waals surface area contributed by atoms with Gasteiger partial charge in [-0.1, -0.05) is 115 Å². The molecule has 0 spiro atoms. The zero-order chi connectivity index (χ0) is 25.6. The summed E-state index contributed by atoms with van der Waals surface area (Å²) >= 11 is 0. The first-order chi connectivity index (χ1) is 19.3. The van der Waals surface area contributed by atoms with Crippen LogP contribution in [-0.4, -0.2) is 4.57 Å². The van der Waals surface area contributed by atoms with Crippen LogP contribution in [-0.2, 0) is 5.41 Å². The summed E-state index contributed by atoms with van der Waals surface area (Å²) in [4.78, 5) is 0. The first-order valence-corrected chi connectivity index (χ1v) is 14.0. The molecule has 1 heteroatoms. The van der Waals surface area contributed by atoms with Crippen molar-refractivity contribution < 1.29 is 0 Å². The molecule has 5 aromatic carbocycles. The van der Waals surface area contributed by atoms with Crippen molar-refractivity contribution >= 4 is 21.8 Å². The van der Waals surface area contributed by atoms with Crippen molar-refractivity contribution in [2.24, 2.45) is 11.8 Å². The van der Waals surface area contributed by atoms with E-state index in [0.29, 0.717) is 5.92 Å². The highest BCUT2D eigenvalue weighted by Gasteiger charge is 2.49. The molecule has 0 saturated heterocycles. The lowest BCUT2D eigenvalue weighted by molar-refractivity contribution is 0.746. The number of rotatable bonds is 3. The maximum atomic E-state index is 2.58. The van der Waals surface area contributed by atoms with Crippen LogP contribution in [0.4, 0.5) is 0 Å². The Morgan fingerprint density at radius 1 is 0.590 bits per heavy atom. The molecule has 1 nitrogen and oxygen atoms in total. The molecule has 2 unspecified atom stereocenters. The quantitative estimate of drug-likeness (QED) is 0.230. The van der Waals surface area contributed by atoms with Crippen LogP contribution >= 0.6 is 0 Å². The Bertz CT molecular complexity index is 1920. The van der Waals surface area contributed by atoms with Gasteiger partial charge in [-0.05, 0) is 75.9 Å². The van der Waals surface area contributed by atoms with E-state index in [1.165, 1.54) is 67.3 Å². The topological polar surface area (TPSA) is 4.93 Å². The van der Waals surface area contributed by atoms with Gasteiger partial charge in [0.2, 0.25) is 0 Å². The lowest BCUT2D eigenvalue weighted by atomic mass is 9.66. The SMILES string of the molecule is C1=CC2CC2C=C1C1(c2cccc(-n3c4ccccc4c4ccccc43)c2)c2ccccc2-c2ccccc21. The van der Waals surface area contributed by atoms with Crippen molar-refractivity contribution in [1.29, 1.82) is 0 Å². The van der Waals surface area contributed by atoms with Gasteiger partial charge in [0.25, 0.3) is 0 Å². The molecule has 0 radical (unpaired) electrons. The number of hydrogen-bond acceptors (Lipinski definition) is 0. The van der Waals surface area contributed by atoms with E-state index < -0.39 is 0 Å². The molecule has 9 rings (SSSR count). The van der Waals surface area contributed by atoms with Crippen LogP contribution in [0, 0.1) is 11.8 Å². The molecule has 39 heavy (non-hydrogen) atoms. The molecule has 184 valence electrons. The molecule has 0 amide bonds. The summed E-state index contributed by atoms with van der Waals surface area (Å²) in [6.45, 7) is 0. The fraction of sp³-hybridized carbons (Fsp3) is 0.105. The molecule has 3 aliphatic rings. The van der Waals surface area contributed by atoms with E-state index in [1.54, 1.807) is 0 Å². The highest BCUT2D eigenvalue weighted by molar-refractivity contribution is 6.09. The Hall–Kier alpha value is -4.62. The first kappa shape index (κ1) is 21.3. The minimum absolute atomic E-state index is 0.341. The van der Waals surface area contributed by atoms with Gasteiger partial charge in [0.15, 0.2) is 0 Å². The summed E-state index contributed by atoms with van der Waals surface area (Å²) in [6.07, 6.45) is 8.75. The van der Waals surface area contributed by atoms with Crippen molar-refractivity contribution in [1.82, 2.24) is 4.57 Å². The standard InChI is InChI=1S/C38H27N/c1-5-16-34-30(12-1)31-13-2-6-17-35(31)38(34,28-21-20-25-22-26(25)23-28)27-10-9-11-29(24-27)39-36-18-7-3-14-32(36)33-15-4-8-19-37(33)39/h1-21,23-26H,22H2. The summed E-state index contributed by atoms with van der Waals surface area (Å²) in [5, 5.41) is 2.59. The van der Waals surface area contributed by atoms with Crippen molar-refractivity contribution in [3.63, 3.8) is 0 Å². The fourth-order valence-corrected chi connectivity index (χ4v) is 7.51. The number of aromatic nitrogens is 1. The van der Waals surface area contributed by atoms with E-state index in [0.717, 1.165) is 5.92 Å². The highest BCUT2D eigenvalue weighted by Crippen LogP contribution is 2.59. The third kappa shape index (κ3) is 2.80. The van der Waals surface area contributed by atoms with Gasteiger partial charge >= 0.3 is 0 Å².